The minimum absolute atomic E-state index is 0.00219. The summed E-state index contributed by atoms with van der Waals surface area (Å²) in [6, 6.07) is 15.3. The minimum atomic E-state index is 0.00219. The van der Waals surface area contributed by atoms with Crippen LogP contribution in [0.2, 0.25) is 0 Å². The number of nitrogens with one attached hydrogen (secondary N) is 1. The Morgan fingerprint density at radius 1 is 1.05 bits per heavy atom. The van der Waals surface area contributed by atoms with Gasteiger partial charge in [0.15, 0.2) is 0 Å². The number of hydrogen-bond acceptors (Lipinski definition) is 4. The highest BCUT2D eigenvalue weighted by atomic mass is 16.3. The van der Waals surface area contributed by atoms with Crippen LogP contribution in [0.15, 0.2) is 61.2 Å². The van der Waals surface area contributed by atoms with Gasteiger partial charge in [0.1, 0.15) is 18.4 Å². The number of aromatic hydroxyl groups is 1. The Morgan fingerprint density at radius 3 is 2.57 bits per heavy atom. The molecule has 0 aliphatic rings. The predicted octanol–water partition coefficient (Wildman–Crippen LogP) is 3.15. The zero-order valence-electron chi connectivity index (χ0n) is 11.6. The van der Waals surface area contributed by atoms with Gasteiger partial charge in [0, 0.05) is 11.3 Å². The van der Waals surface area contributed by atoms with Crippen LogP contribution in [-0.4, -0.2) is 19.9 Å². The summed E-state index contributed by atoms with van der Waals surface area (Å²) in [5.74, 6) is 0.299. The molecule has 0 saturated heterocycles. The summed E-state index contributed by atoms with van der Waals surface area (Å²) in [6.07, 6.45) is 3.32. The van der Waals surface area contributed by atoms with E-state index in [4.69, 9.17) is 0 Å². The number of phenols is 1. The summed E-state index contributed by atoms with van der Waals surface area (Å²) in [6.45, 7) is 2.01. The van der Waals surface area contributed by atoms with Gasteiger partial charge in [-0.2, -0.15) is 0 Å². The largest absolute Gasteiger partial charge is 0.508 e. The number of para-hydroxylation sites is 1. The first-order chi connectivity index (χ1) is 10.2. The van der Waals surface area contributed by atoms with Crippen molar-refractivity contribution in [2.45, 2.75) is 13.0 Å². The summed E-state index contributed by atoms with van der Waals surface area (Å²) in [5.41, 5.74) is 2.82. The molecule has 5 nitrogen and oxygen atoms in total. The Balaban J connectivity index is 1.82. The van der Waals surface area contributed by atoms with E-state index < -0.39 is 0 Å². The smallest absolute Gasteiger partial charge is 0.123 e. The first-order valence-corrected chi connectivity index (χ1v) is 6.73. The van der Waals surface area contributed by atoms with Crippen molar-refractivity contribution in [2.75, 3.05) is 5.32 Å². The zero-order valence-corrected chi connectivity index (χ0v) is 11.6. The van der Waals surface area contributed by atoms with Crippen molar-refractivity contribution in [3.05, 3.63) is 66.7 Å². The second-order valence-electron chi connectivity index (χ2n) is 4.84. The molecule has 3 rings (SSSR count). The molecule has 0 bridgehead atoms. The summed E-state index contributed by atoms with van der Waals surface area (Å²) >= 11 is 0. The summed E-state index contributed by atoms with van der Waals surface area (Å²) < 4.78 is 1.84. The van der Waals surface area contributed by atoms with Crippen LogP contribution < -0.4 is 5.32 Å². The second kappa shape index (κ2) is 5.66. The van der Waals surface area contributed by atoms with Crippen LogP contribution >= 0.6 is 0 Å². The van der Waals surface area contributed by atoms with Crippen molar-refractivity contribution >= 4 is 5.69 Å². The van der Waals surface area contributed by atoms with Crippen molar-refractivity contribution in [1.82, 2.24) is 14.8 Å². The first kappa shape index (κ1) is 13.2. The van der Waals surface area contributed by atoms with Gasteiger partial charge in [0.25, 0.3) is 0 Å². The standard InChI is InChI=1S/C16H16N4O/c1-12(15-7-2-3-8-16(15)21)19-13-5-4-6-14(9-13)20-10-17-18-11-20/h2-12,19,21H,1H3. The fraction of sp³-hybridized carbons (Fsp3) is 0.125. The number of rotatable bonds is 4. The molecule has 1 aromatic heterocycles. The van der Waals surface area contributed by atoms with Crippen LogP contribution in [0.4, 0.5) is 5.69 Å². The Hall–Kier alpha value is -2.82. The molecule has 0 amide bonds. The van der Waals surface area contributed by atoms with Gasteiger partial charge in [-0.1, -0.05) is 24.3 Å². The highest BCUT2D eigenvalue weighted by molar-refractivity contribution is 5.53. The van der Waals surface area contributed by atoms with E-state index in [0.29, 0.717) is 5.75 Å². The van der Waals surface area contributed by atoms with E-state index in [1.165, 1.54) is 0 Å². The summed E-state index contributed by atoms with van der Waals surface area (Å²) in [5, 5.41) is 20.9. The molecule has 0 aliphatic carbocycles. The highest BCUT2D eigenvalue weighted by Crippen LogP contribution is 2.27. The van der Waals surface area contributed by atoms with Gasteiger partial charge in [-0.3, -0.25) is 4.57 Å². The van der Waals surface area contributed by atoms with Crippen LogP contribution in [0.25, 0.3) is 5.69 Å². The predicted molar refractivity (Wildman–Crippen MR) is 81.5 cm³/mol. The van der Waals surface area contributed by atoms with E-state index in [1.54, 1.807) is 18.7 Å². The van der Waals surface area contributed by atoms with E-state index in [2.05, 4.69) is 15.5 Å². The number of benzene rings is 2. The van der Waals surface area contributed by atoms with E-state index >= 15 is 0 Å². The third-order valence-corrected chi connectivity index (χ3v) is 3.35. The number of aromatic nitrogens is 3. The van der Waals surface area contributed by atoms with E-state index in [1.807, 2.05) is 54.0 Å². The molecule has 21 heavy (non-hydrogen) atoms. The molecule has 0 saturated carbocycles. The molecular formula is C16H16N4O. The number of nitrogens with zero attached hydrogens (tertiary/aromatic N) is 3. The zero-order chi connectivity index (χ0) is 14.7. The van der Waals surface area contributed by atoms with Crippen molar-refractivity contribution in [3.63, 3.8) is 0 Å². The molecule has 0 aliphatic heterocycles. The van der Waals surface area contributed by atoms with Gasteiger partial charge < -0.3 is 10.4 Å². The average molecular weight is 280 g/mol. The first-order valence-electron chi connectivity index (χ1n) is 6.73. The average Bonchev–Trinajstić information content (AvgIpc) is 3.02. The normalized spacial score (nSPS) is 12.0. The SMILES string of the molecule is CC(Nc1cccc(-n2cnnc2)c1)c1ccccc1O. The fourth-order valence-corrected chi connectivity index (χ4v) is 2.27. The van der Waals surface area contributed by atoms with Gasteiger partial charge in [0.05, 0.1) is 11.7 Å². The Kier molecular flexibility index (Phi) is 3.55. The van der Waals surface area contributed by atoms with Crippen molar-refractivity contribution in [3.8, 4) is 11.4 Å². The fourth-order valence-electron chi connectivity index (χ4n) is 2.27. The third-order valence-electron chi connectivity index (χ3n) is 3.35. The van der Waals surface area contributed by atoms with Crippen LogP contribution in [0.5, 0.6) is 5.75 Å². The molecule has 0 spiro atoms. The second-order valence-corrected chi connectivity index (χ2v) is 4.84. The monoisotopic (exact) mass is 280 g/mol. The maximum Gasteiger partial charge on any atom is 0.123 e. The molecule has 0 fully saturated rings. The van der Waals surface area contributed by atoms with Crippen LogP contribution in [0.3, 0.4) is 0 Å². The third kappa shape index (κ3) is 2.86. The lowest BCUT2D eigenvalue weighted by atomic mass is 10.1. The van der Waals surface area contributed by atoms with Crippen LogP contribution in [-0.2, 0) is 0 Å². The lowest BCUT2D eigenvalue weighted by Crippen LogP contribution is -2.07. The van der Waals surface area contributed by atoms with E-state index in [0.717, 1.165) is 16.9 Å². The lowest BCUT2D eigenvalue weighted by Gasteiger charge is -2.17. The molecule has 106 valence electrons. The van der Waals surface area contributed by atoms with Gasteiger partial charge in [-0.05, 0) is 31.2 Å². The maximum atomic E-state index is 9.90. The number of hydrogen-bond donors (Lipinski definition) is 2. The molecular weight excluding hydrogens is 264 g/mol. The van der Waals surface area contributed by atoms with Crippen LogP contribution in [0.1, 0.15) is 18.5 Å². The molecule has 2 N–H and O–H groups in total. The van der Waals surface area contributed by atoms with Crippen molar-refractivity contribution in [2.24, 2.45) is 0 Å². The molecule has 5 heteroatoms. The minimum Gasteiger partial charge on any atom is -0.508 e. The van der Waals surface area contributed by atoms with Gasteiger partial charge >= 0.3 is 0 Å². The lowest BCUT2D eigenvalue weighted by molar-refractivity contribution is 0.465. The Labute approximate surface area is 122 Å². The molecule has 3 aromatic rings. The molecule has 1 heterocycles. The van der Waals surface area contributed by atoms with E-state index in [9.17, 15) is 5.11 Å². The topological polar surface area (TPSA) is 63.0 Å². The van der Waals surface area contributed by atoms with Gasteiger partial charge in [-0.15, -0.1) is 10.2 Å². The quantitative estimate of drug-likeness (QED) is 0.770. The van der Waals surface area contributed by atoms with Gasteiger partial charge in [0.2, 0.25) is 0 Å². The highest BCUT2D eigenvalue weighted by Gasteiger charge is 2.09. The van der Waals surface area contributed by atoms with Crippen molar-refractivity contribution in [1.29, 1.82) is 0 Å². The molecule has 2 aromatic carbocycles. The van der Waals surface area contributed by atoms with Crippen LogP contribution in [0, 0.1) is 0 Å². The number of phenolic OH excluding ortho intramolecular Hbond substituents is 1. The maximum absolute atomic E-state index is 9.90. The van der Waals surface area contributed by atoms with E-state index in [-0.39, 0.29) is 6.04 Å². The Bertz CT molecular complexity index is 725. The summed E-state index contributed by atoms with van der Waals surface area (Å²) in [4.78, 5) is 0. The van der Waals surface area contributed by atoms with Gasteiger partial charge in [-0.25, -0.2) is 0 Å². The van der Waals surface area contributed by atoms with Crippen molar-refractivity contribution < 1.29 is 5.11 Å². The molecule has 1 unspecified atom stereocenters. The number of anilines is 1. The molecule has 1 atom stereocenters. The molecule has 0 radical (unpaired) electrons. The Morgan fingerprint density at radius 2 is 1.81 bits per heavy atom. The summed E-state index contributed by atoms with van der Waals surface area (Å²) in [7, 11) is 0.